The number of hydrogen-bond donors (Lipinski definition) is 0. The van der Waals surface area contributed by atoms with E-state index in [9.17, 15) is 0 Å². The van der Waals surface area contributed by atoms with Gasteiger partial charge in [0, 0.05) is 23.7 Å². The van der Waals surface area contributed by atoms with Crippen LogP contribution >= 0.6 is 46.4 Å². The number of ether oxygens (including phenoxy) is 3. The van der Waals surface area contributed by atoms with Crippen molar-refractivity contribution in [1.82, 2.24) is 0 Å². The maximum absolute atomic E-state index is 7.23. The van der Waals surface area contributed by atoms with Crippen LogP contribution in [0.15, 0.2) is 22.2 Å². The molecule has 0 aromatic carbocycles. The van der Waals surface area contributed by atoms with Crippen molar-refractivity contribution in [2.24, 2.45) is 23.7 Å². The summed E-state index contributed by atoms with van der Waals surface area (Å²) in [6, 6.07) is 0. The van der Waals surface area contributed by atoms with Crippen LogP contribution in [0.4, 0.5) is 0 Å². The molecule has 0 radical (unpaired) electrons. The monoisotopic (exact) mass is 424 g/mol. The third-order valence-corrected chi connectivity index (χ3v) is 9.07. The summed E-state index contributed by atoms with van der Waals surface area (Å²) >= 11 is 27.8. The van der Waals surface area contributed by atoms with Gasteiger partial charge in [0.25, 0.3) is 0 Å². The van der Waals surface area contributed by atoms with Gasteiger partial charge < -0.3 is 14.2 Å². The molecular weight excluding hydrogens is 406 g/mol. The molecule has 138 valence electrons. The van der Waals surface area contributed by atoms with Crippen molar-refractivity contribution in [2.75, 3.05) is 13.2 Å². The molecule has 7 heteroatoms. The van der Waals surface area contributed by atoms with E-state index in [4.69, 9.17) is 60.6 Å². The van der Waals surface area contributed by atoms with E-state index in [1.54, 1.807) is 0 Å². The third-order valence-electron chi connectivity index (χ3n) is 6.42. The first-order valence-electron chi connectivity index (χ1n) is 8.68. The Labute approximate surface area is 167 Å². The van der Waals surface area contributed by atoms with E-state index >= 15 is 0 Å². The van der Waals surface area contributed by atoms with Gasteiger partial charge in [-0.3, -0.25) is 0 Å². The first-order chi connectivity index (χ1) is 11.6. The molecule has 1 aliphatic heterocycles. The predicted molar refractivity (Wildman–Crippen MR) is 98.3 cm³/mol. The average molecular weight is 426 g/mol. The van der Waals surface area contributed by atoms with Gasteiger partial charge >= 0.3 is 0 Å². The second kappa shape index (κ2) is 4.92. The topological polar surface area (TPSA) is 27.7 Å². The number of rotatable bonds is 1. The zero-order valence-electron chi connectivity index (χ0n) is 14.2. The lowest BCUT2D eigenvalue weighted by Gasteiger charge is -2.41. The van der Waals surface area contributed by atoms with E-state index in [-0.39, 0.29) is 35.4 Å². The average Bonchev–Trinajstić information content (AvgIpc) is 3.28. The van der Waals surface area contributed by atoms with Crippen molar-refractivity contribution in [3.05, 3.63) is 22.2 Å². The van der Waals surface area contributed by atoms with Crippen LogP contribution in [0.25, 0.3) is 0 Å². The van der Waals surface area contributed by atoms with Crippen molar-refractivity contribution in [2.45, 2.75) is 48.0 Å². The van der Waals surface area contributed by atoms with Gasteiger partial charge in [-0.2, -0.15) is 0 Å². The van der Waals surface area contributed by atoms with Gasteiger partial charge in [0.2, 0.25) is 5.79 Å². The molecule has 1 saturated heterocycles. The van der Waals surface area contributed by atoms with Crippen LogP contribution in [0.5, 0.6) is 0 Å². The molecule has 0 aromatic heterocycles. The molecule has 6 atom stereocenters. The van der Waals surface area contributed by atoms with E-state index in [0.717, 1.165) is 0 Å². The van der Waals surface area contributed by atoms with Crippen LogP contribution in [0, 0.1) is 23.7 Å². The fraction of sp³-hybridized carbons (Fsp3) is 0.778. The Balaban J connectivity index is 1.66. The number of alkyl halides is 2. The molecule has 4 bridgehead atoms. The summed E-state index contributed by atoms with van der Waals surface area (Å²) in [5.74, 6) is -1.07. The van der Waals surface area contributed by atoms with Crippen molar-refractivity contribution in [1.29, 1.82) is 0 Å². The van der Waals surface area contributed by atoms with Crippen LogP contribution in [-0.2, 0) is 14.2 Å². The first-order valence-corrected chi connectivity index (χ1v) is 10.2. The Morgan fingerprint density at radius 3 is 1.80 bits per heavy atom. The molecule has 4 aliphatic carbocycles. The number of halogens is 4. The molecule has 25 heavy (non-hydrogen) atoms. The van der Waals surface area contributed by atoms with Gasteiger partial charge in [0.15, 0.2) is 0 Å². The Bertz CT molecular complexity index is 664. The van der Waals surface area contributed by atoms with Crippen LogP contribution in [-0.4, -0.2) is 40.5 Å². The summed E-state index contributed by atoms with van der Waals surface area (Å²) < 4.78 is 18.5. The molecular formula is C18H20Cl4O3. The quantitative estimate of drug-likeness (QED) is 0.452. The van der Waals surface area contributed by atoms with E-state index in [1.807, 2.05) is 0 Å². The van der Waals surface area contributed by atoms with Crippen molar-refractivity contribution < 1.29 is 14.2 Å². The zero-order chi connectivity index (χ0) is 18.0. The fourth-order valence-electron chi connectivity index (χ4n) is 5.89. The Morgan fingerprint density at radius 1 is 0.960 bits per heavy atom. The SMILES string of the molecule is CC(C)(C)OC1[C@H]2C=C[C@H]1[C@@H]1[C@@H]2[C@]2(Cl)C(Cl)=C(Cl)[C@]1(Cl)C21OCCO1. The molecule has 2 saturated carbocycles. The summed E-state index contributed by atoms with van der Waals surface area (Å²) in [6.07, 6.45) is 4.39. The zero-order valence-corrected chi connectivity index (χ0v) is 17.2. The van der Waals surface area contributed by atoms with Gasteiger partial charge in [-0.15, -0.1) is 23.2 Å². The second-order valence-electron chi connectivity index (χ2n) is 8.65. The normalized spacial score (nSPS) is 52.0. The largest absolute Gasteiger partial charge is 0.371 e. The molecule has 1 heterocycles. The summed E-state index contributed by atoms with van der Waals surface area (Å²) in [7, 11) is 0. The molecule has 1 spiro atoms. The highest BCUT2D eigenvalue weighted by Crippen LogP contribution is 2.80. The van der Waals surface area contributed by atoms with Gasteiger partial charge in [0.05, 0.1) is 35.0 Å². The van der Waals surface area contributed by atoms with Crippen molar-refractivity contribution >= 4 is 46.4 Å². The Morgan fingerprint density at radius 2 is 1.40 bits per heavy atom. The Hall–Kier alpha value is 0.520. The lowest BCUT2D eigenvalue weighted by Crippen LogP contribution is -2.57. The summed E-state index contributed by atoms with van der Waals surface area (Å²) in [4.78, 5) is -2.17. The van der Waals surface area contributed by atoms with Gasteiger partial charge in [0.1, 0.15) is 9.75 Å². The highest BCUT2D eigenvalue weighted by molar-refractivity contribution is 6.52. The minimum absolute atomic E-state index is 0.0111. The minimum Gasteiger partial charge on any atom is -0.371 e. The molecule has 0 unspecified atom stereocenters. The predicted octanol–water partition coefficient (Wildman–Crippen LogP) is 4.63. The molecule has 5 aliphatic rings. The number of hydrogen-bond acceptors (Lipinski definition) is 3. The van der Waals surface area contributed by atoms with Crippen molar-refractivity contribution in [3.63, 3.8) is 0 Å². The molecule has 0 aromatic rings. The van der Waals surface area contributed by atoms with E-state index in [2.05, 4.69) is 32.9 Å². The maximum Gasteiger partial charge on any atom is 0.218 e. The molecule has 3 fully saturated rings. The van der Waals surface area contributed by atoms with E-state index in [1.165, 1.54) is 0 Å². The third kappa shape index (κ3) is 1.70. The second-order valence-corrected chi connectivity index (χ2v) is 10.6. The van der Waals surface area contributed by atoms with E-state index in [0.29, 0.717) is 23.3 Å². The van der Waals surface area contributed by atoms with Crippen LogP contribution in [0.2, 0.25) is 0 Å². The minimum atomic E-state index is -1.21. The summed E-state index contributed by atoms with van der Waals surface area (Å²) in [5, 5.41) is 0.730. The summed E-state index contributed by atoms with van der Waals surface area (Å²) in [6.45, 7) is 7.05. The molecule has 0 N–H and O–H groups in total. The van der Waals surface area contributed by atoms with Crippen LogP contribution in [0.3, 0.4) is 0 Å². The Kier molecular flexibility index (Phi) is 3.46. The summed E-state index contributed by atoms with van der Waals surface area (Å²) in [5.41, 5.74) is -0.261. The first kappa shape index (κ1) is 17.6. The van der Waals surface area contributed by atoms with Gasteiger partial charge in [-0.1, -0.05) is 35.4 Å². The van der Waals surface area contributed by atoms with E-state index < -0.39 is 15.5 Å². The molecule has 0 amide bonds. The molecule has 3 nitrogen and oxygen atoms in total. The number of fused-ring (bicyclic) bond motifs is 7. The van der Waals surface area contributed by atoms with Gasteiger partial charge in [-0.25, -0.2) is 0 Å². The standard InChI is InChI=1S/C18H20Cl4O3/c1-15(2,3)25-12-8-4-5-9(12)11-10(8)16(21)13(19)14(20)17(11,22)18(16)23-6-7-24-18/h4-5,8-12H,6-7H2,1-3H3/t8-,9-,10+,11+,16-,17-/m0/s1. The molecule has 5 rings (SSSR count). The van der Waals surface area contributed by atoms with Crippen molar-refractivity contribution in [3.8, 4) is 0 Å². The van der Waals surface area contributed by atoms with Crippen LogP contribution in [0.1, 0.15) is 20.8 Å². The smallest absolute Gasteiger partial charge is 0.218 e. The van der Waals surface area contributed by atoms with Crippen LogP contribution < -0.4 is 0 Å². The fourth-order valence-corrected chi connectivity index (χ4v) is 8.10. The highest BCUT2D eigenvalue weighted by Gasteiger charge is 2.89. The lowest BCUT2D eigenvalue weighted by molar-refractivity contribution is -0.180. The maximum atomic E-state index is 7.23. The lowest BCUT2D eigenvalue weighted by atomic mass is 9.75. The highest BCUT2D eigenvalue weighted by atomic mass is 35.5. The van der Waals surface area contributed by atoms with Gasteiger partial charge in [-0.05, 0) is 20.8 Å².